The number of aryl methyl sites for hydroxylation is 1. The van der Waals surface area contributed by atoms with E-state index in [4.69, 9.17) is 9.26 Å². The van der Waals surface area contributed by atoms with Crippen molar-refractivity contribution >= 4 is 5.91 Å². The van der Waals surface area contributed by atoms with Gasteiger partial charge in [-0.2, -0.15) is 4.98 Å². The van der Waals surface area contributed by atoms with Crippen molar-refractivity contribution in [2.45, 2.75) is 39.0 Å². The van der Waals surface area contributed by atoms with E-state index < -0.39 is 0 Å². The van der Waals surface area contributed by atoms with Gasteiger partial charge < -0.3 is 19.9 Å². The maximum Gasteiger partial charge on any atom is 0.227 e. The van der Waals surface area contributed by atoms with Crippen LogP contribution < -0.4 is 15.4 Å². The van der Waals surface area contributed by atoms with E-state index in [0.717, 1.165) is 37.4 Å². The number of hydrogen-bond acceptors (Lipinski definition) is 6. The van der Waals surface area contributed by atoms with Crippen LogP contribution in [0.2, 0.25) is 0 Å². The van der Waals surface area contributed by atoms with Gasteiger partial charge in [-0.1, -0.05) is 5.16 Å². The topological polar surface area (TPSA) is 89.3 Å². The Kier molecular flexibility index (Phi) is 7.21. The van der Waals surface area contributed by atoms with Crippen molar-refractivity contribution in [2.75, 3.05) is 26.2 Å². The van der Waals surface area contributed by atoms with Gasteiger partial charge in [0.2, 0.25) is 17.6 Å². The molecule has 7 heteroatoms. The highest BCUT2D eigenvalue weighted by Gasteiger charge is 2.14. The summed E-state index contributed by atoms with van der Waals surface area (Å²) in [6.07, 6.45) is 4.31. The quantitative estimate of drug-likeness (QED) is 0.703. The van der Waals surface area contributed by atoms with Gasteiger partial charge >= 0.3 is 0 Å². The SMILES string of the molecule is CCOc1ccc(-c2noc(CCC(=O)NCCC3CCCNC3)n2)cc1. The largest absolute Gasteiger partial charge is 0.494 e. The number of carbonyl (C=O) groups excluding carboxylic acids is 1. The molecule has 2 heterocycles. The number of benzene rings is 1. The van der Waals surface area contributed by atoms with Crippen molar-refractivity contribution in [2.24, 2.45) is 5.92 Å². The van der Waals surface area contributed by atoms with Crippen LogP contribution in [-0.2, 0) is 11.2 Å². The van der Waals surface area contributed by atoms with E-state index in [1.54, 1.807) is 0 Å². The predicted octanol–water partition coefficient (Wildman–Crippen LogP) is 2.57. The van der Waals surface area contributed by atoms with E-state index in [1.807, 2.05) is 31.2 Å². The molecule has 7 nitrogen and oxygen atoms in total. The molecule has 1 unspecified atom stereocenters. The molecule has 0 saturated carbocycles. The lowest BCUT2D eigenvalue weighted by atomic mass is 9.96. The maximum absolute atomic E-state index is 12.0. The maximum atomic E-state index is 12.0. The van der Waals surface area contributed by atoms with Gasteiger partial charge in [-0.05, 0) is 69.5 Å². The third-order valence-corrected chi connectivity index (χ3v) is 4.73. The Labute approximate surface area is 159 Å². The first-order valence-corrected chi connectivity index (χ1v) is 9.78. The molecule has 0 spiro atoms. The summed E-state index contributed by atoms with van der Waals surface area (Å²) < 4.78 is 10.7. The fourth-order valence-corrected chi connectivity index (χ4v) is 3.24. The first-order valence-electron chi connectivity index (χ1n) is 9.78. The van der Waals surface area contributed by atoms with Gasteiger partial charge in [0.1, 0.15) is 5.75 Å². The van der Waals surface area contributed by atoms with E-state index in [1.165, 1.54) is 12.8 Å². The number of ether oxygens (including phenoxy) is 1. The molecule has 1 fully saturated rings. The summed E-state index contributed by atoms with van der Waals surface area (Å²) in [6.45, 7) is 5.48. The van der Waals surface area contributed by atoms with Crippen LogP contribution in [0.25, 0.3) is 11.4 Å². The molecule has 1 saturated heterocycles. The highest BCUT2D eigenvalue weighted by Crippen LogP contribution is 2.20. The summed E-state index contributed by atoms with van der Waals surface area (Å²) in [7, 11) is 0. The number of amides is 1. The normalized spacial score (nSPS) is 16.9. The molecule has 0 radical (unpaired) electrons. The Hall–Kier alpha value is -2.41. The van der Waals surface area contributed by atoms with Crippen molar-refractivity contribution < 1.29 is 14.1 Å². The molecule has 2 aromatic rings. The number of hydrogen-bond donors (Lipinski definition) is 2. The van der Waals surface area contributed by atoms with E-state index in [0.29, 0.717) is 37.1 Å². The molecule has 1 aromatic heterocycles. The molecule has 1 amide bonds. The Morgan fingerprint density at radius 2 is 2.22 bits per heavy atom. The molecule has 1 aromatic carbocycles. The number of nitrogens with one attached hydrogen (secondary N) is 2. The lowest BCUT2D eigenvalue weighted by Gasteiger charge is -2.22. The Bertz CT molecular complexity index is 708. The summed E-state index contributed by atoms with van der Waals surface area (Å²) in [5.41, 5.74) is 0.860. The summed E-state index contributed by atoms with van der Waals surface area (Å²) in [5, 5.41) is 10.4. The minimum Gasteiger partial charge on any atom is -0.494 e. The summed E-state index contributed by atoms with van der Waals surface area (Å²) in [6, 6.07) is 7.55. The molecule has 0 bridgehead atoms. The smallest absolute Gasteiger partial charge is 0.227 e. The first-order chi connectivity index (χ1) is 13.2. The van der Waals surface area contributed by atoms with Crippen LogP contribution in [0.15, 0.2) is 28.8 Å². The van der Waals surface area contributed by atoms with Crippen LogP contribution in [0.3, 0.4) is 0 Å². The summed E-state index contributed by atoms with van der Waals surface area (Å²) in [5.74, 6) is 2.51. The third kappa shape index (κ3) is 6.06. The fourth-order valence-electron chi connectivity index (χ4n) is 3.24. The number of carbonyl (C=O) groups is 1. The van der Waals surface area contributed by atoms with Crippen LogP contribution in [-0.4, -0.2) is 42.3 Å². The fraction of sp³-hybridized carbons (Fsp3) is 0.550. The Balaban J connectivity index is 1.40. The average Bonchev–Trinajstić information content (AvgIpc) is 3.17. The second-order valence-corrected chi connectivity index (χ2v) is 6.82. The number of aromatic nitrogens is 2. The van der Waals surface area contributed by atoms with Crippen molar-refractivity contribution in [1.82, 2.24) is 20.8 Å². The highest BCUT2D eigenvalue weighted by atomic mass is 16.5. The average molecular weight is 372 g/mol. The van der Waals surface area contributed by atoms with Crippen molar-refractivity contribution in [3.63, 3.8) is 0 Å². The van der Waals surface area contributed by atoms with Crippen molar-refractivity contribution in [3.8, 4) is 17.1 Å². The lowest BCUT2D eigenvalue weighted by molar-refractivity contribution is -0.121. The zero-order valence-corrected chi connectivity index (χ0v) is 15.9. The molecule has 2 N–H and O–H groups in total. The van der Waals surface area contributed by atoms with E-state index in [9.17, 15) is 4.79 Å². The molecule has 0 aliphatic carbocycles. The van der Waals surface area contributed by atoms with Crippen LogP contribution >= 0.6 is 0 Å². The number of rotatable bonds is 9. The molecule has 1 aliphatic rings. The molecular formula is C20H28N4O3. The Morgan fingerprint density at radius 1 is 1.37 bits per heavy atom. The molecule has 3 rings (SSSR count). The van der Waals surface area contributed by atoms with Gasteiger partial charge in [0.05, 0.1) is 6.61 Å². The molecule has 1 aliphatic heterocycles. The van der Waals surface area contributed by atoms with Crippen LogP contribution in [0.1, 0.15) is 38.5 Å². The number of piperidine rings is 1. The van der Waals surface area contributed by atoms with Crippen LogP contribution in [0.5, 0.6) is 5.75 Å². The first kappa shape index (κ1) is 19.4. The van der Waals surface area contributed by atoms with Gasteiger partial charge in [0, 0.05) is 24.9 Å². The Morgan fingerprint density at radius 3 is 2.96 bits per heavy atom. The van der Waals surface area contributed by atoms with Gasteiger partial charge in [0.15, 0.2) is 0 Å². The van der Waals surface area contributed by atoms with E-state index in [2.05, 4.69) is 20.8 Å². The van der Waals surface area contributed by atoms with E-state index >= 15 is 0 Å². The van der Waals surface area contributed by atoms with Gasteiger partial charge in [-0.25, -0.2) is 0 Å². The second-order valence-electron chi connectivity index (χ2n) is 6.82. The van der Waals surface area contributed by atoms with Crippen LogP contribution in [0.4, 0.5) is 0 Å². The van der Waals surface area contributed by atoms with Gasteiger partial charge in [-0.15, -0.1) is 0 Å². The van der Waals surface area contributed by atoms with E-state index in [-0.39, 0.29) is 5.91 Å². The molecule has 27 heavy (non-hydrogen) atoms. The molecule has 146 valence electrons. The lowest BCUT2D eigenvalue weighted by Crippen LogP contribution is -2.33. The predicted molar refractivity (Wildman–Crippen MR) is 102 cm³/mol. The van der Waals surface area contributed by atoms with Crippen molar-refractivity contribution in [3.05, 3.63) is 30.2 Å². The highest BCUT2D eigenvalue weighted by molar-refractivity contribution is 5.76. The van der Waals surface area contributed by atoms with Gasteiger partial charge in [-0.3, -0.25) is 4.79 Å². The number of nitrogens with zero attached hydrogens (tertiary/aromatic N) is 2. The minimum atomic E-state index is 0.0274. The summed E-state index contributed by atoms with van der Waals surface area (Å²) >= 11 is 0. The zero-order chi connectivity index (χ0) is 18.9. The summed E-state index contributed by atoms with van der Waals surface area (Å²) in [4.78, 5) is 16.4. The minimum absolute atomic E-state index is 0.0274. The standard InChI is InChI=1S/C20H28N4O3/c1-2-26-17-7-5-16(6-8-17)20-23-19(27-24-20)10-9-18(25)22-13-11-15-4-3-12-21-14-15/h5-8,15,21H,2-4,9-14H2,1H3,(H,22,25). The molecular weight excluding hydrogens is 344 g/mol. The monoisotopic (exact) mass is 372 g/mol. The zero-order valence-electron chi connectivity index (χ0n) is 15.9. The van der Waals surface area contributed by atoms with Crippen molar-refractivity contribution in [1.29, 1.82) is 0 Å². The third-order valence-electron chi connectivity index (χ3n) is 4.73. The molecule has 1 atom stereocenters. The van der Waals surface area contributed by atoms with Gasteiger partial charge in [0.25, 0.3) is 0 Å². The second kappa shape index (κ2) is 10.1. The van der Waals surface area contributed by atoms with Crippen LogP contribution in [0, 0.1) is 5.92 Å².